The highest BCUT2D eigenvalue weighted by Gasteiger charge is 2.28. The van der Waals surface area contributed by atoms with E-state index in [1.54, 1.807) is 36.6 Å². The molecule has 0 radical (unpaired) electrons. The summed E-state index contributed by atoms with van der Waals surface area (Å²) in [7, 11) is -3.46. The summed E-state index contributed by atoms with van der Waals surface area (Å²) in [5.74, 6) is 0. The van der Waals surface area contributed by atoms with Crippen molar-refractivity contribution in [1.29, 1.82) is 5.26 Å². The maximum absolute atomic E-state index is 12.5. The molecule has 0 fully saturated rings. The van der Waals surface area contributed by atoms with Gasteiger partial charge in [0.25, 0.3) is 0 Å². The highest BCUT2D eigenvalue weighted by Crippen LogP contribution is 2.36. The minimum absolute atomic E-state index is 0.157. The normalized spacial score (nSPS) is 12.9. The number of halogens is 1. The number of rotatable bonds is 4. The molecule has 1 aromatic heterocycles. The van der Waals surface area contributed by atoms with Gasteiger partial charge in [0.05, 0.1) is 10.8 Å². The van der Waals surface area contributed by atoms with E-state index in [0.717, 1.165) is 16.9 Å². The van der Waals surface area contributed by atoms with Crippen LogP contribution in [0.3, 0.4) is 0 Å². The number of hydrogen-bond donors (Lipinski definition) is 0. The van der Waals surface area contributed by atoms with Crippen molar-refractivity contribution in [3.8, 4) is 17.2 Å². The van der Waals surface area contributed by atoms with Crippen LogP contribution in [0.25, 0.3) is 11.1 Å². The molecule has 3 nitrogen and oxygen atoms in total. The lowest BCUT2D eigenvalue weighted by atomic mass is 10.1. The maximum atomic E-state index is 12.5. The summed E-state index contributed by atoms with van der Waals surface area (Å²) in [5, 5.41) is 11.2. The molecule has 0 aliphatic rings. The Kier molecular flexibility index (Phi) is 4.72. The lowest BCUT2D eigenvalue weighted by Gasteiger charge is -2.09. The molecular weight excluding hydrogens is 326 g/mol. The number of benzene rings is 1. The van der Waals surface area contributed by atoms with Crippen molar-refractivity contribution >= 4 is 32.8 Å². The number of sulfone groups is 1. The second-order valence-corrected chi connectivity index (χ2v) is 8.57. The Morgan fingerprint density at radius 2 is 1.95 bits per heavy atom. The minimum Gasteiger partial charge on any atom is -0.223 e. The first kappa shape index (κ1) is 16.0. The molecule has 0 amide bonds. The molecule has 0 aliphatic carbocycles. The molecule has 0 aliphatic heterocycles. The summed E-state index contributed by atoms with van der Waals surface area (Å²) < 4.78 is 25.1. The van der Waals surface area contributed by atoms with Crippen molar-refractivity contribution in [1.82, 2.24) is 0 Å². The third kappa shape index (κ3) is 2.98. The molecule has 2 aromatic rings. The Labute approximate surface area is 133 Å². The lowest BCUT2D eigenvalue weighted by Crippen LogP contribution is -2.16. The number of thiophene rings is 1. The van der Waals surface area contributed by atoms with E-state index >= 15 is 0 Å². The summed E-state index contributed by atoms with van der Waals surface area (Å²) in [6.07, 6.45) is 0.515. The molecule has 0 saturated carbocycles. The van der Waals surface area contributed by atoms with E-state index in [1.807, 2.05) is 13.0 Å². The highest BCUT2D eigenvalue weighted by molar-refractivity contribution is 7.94. The second kappa shape index (κ2) is 6.18. The van der Waals surface area contributed by atoms with Crippen molar-refractivity contribution in [3.63, 3.8) is 0 Å². The van der Waals surface area contributed by atoms with Crippen LogP contribution in [-0.4, -0.2) is 13.7 Å². The molecule has 1 unspecified atom stereocenters. The molecule has 2 rings (SSSR count). The number of nitriles is 1. The van der Waals surface area contributed by atoms with Crippen molar-refractivity contribution in [2.75, 3.05) is 0 Å². The summed E-state index contributed by atoms with van der Waals surface area (Å²) in [6.45, 7) is 3.49. The first-order valence-electron chi connectivity index (χ1n) is 6.43. The highest BCUT2D eigenvalue weighted by atomic mass is 35.5. The van der Waals surface area contributed by atoms with Gasteiger partial charge in [-0.05, 0) is 31.0 Å². The van der Waals surface area contributed by atoms with Crippen LogP contribution in [-0.2, 0) is 9.84 Å². The molecule has 1 heterocycles. The Bertz CT molecular complexity index is 786. The zero-order valence-corrected chi connectivity index (χ0v) is 14.0. The van der Waals surface area contributed by atoms with E-state index < -0.39 is 15.1 Å². The third-order valence-corrected chi connectivity index (χ3v) is 7.51. The van der Waals surface area contributed by atoms with Crippen LogP contribution in [0, 0.1) is 11.3 Å². The topological polar surface area (TPSA) is 57.9 Å². The molecule has 0 spiro atoms. The quantitative estimate of drug-likeness (QED) is 0.823. The van der Waals surface area contributed by atoms with Gasteiger partial charge in [0, 0.05) is 16.0 Å². The van der Waals surface area contributed by atoms with Crippen LogP contribution in [0.4, 0.5) is 0 Å². The Morgan fingerprint density at radius 3 is 2.48 bits per heavy atom. The molecule has 0 N–H and O–H groups in total. The maximum Gasteiger partial charge on any atom is 0.191 e. The zero-order valence-electron chi connectivity index (χ0n) is 11.6. The SMILES string of the molecule is CCC(C)S(=O)(=O)c1scc(-c2ccc(Cl)cc2)c1C#N. The van der Waals surface area contributed by atoms with Crippen LogP contribution in [0.1, 0.15) is 25.8 Å². The van der Waals surface area contributed by atoms with Crippen LogP contribution < -0.4 is 0 Å². The van der Waals surface area contributed by atoms with Gasteiger partial charge in [-0.25, -0.2) is 8.42 Å². The van der Waals surface area contributed by atoms with Crippen LogP contribution in [0.5, 0.6) is 0 Å². The van der Waals surface area contributed by atoms with Gasteiger partial charge in [0.2, 0.25) is 0 Å². The molecule has 1 aromatic carbocycles. The van der Waals surface area contributed by atoms with Gasteiger partial charge >= 0.3 is 0 Å². The van der Waals surface area contributed by atoms with Gasteiger partial charge in [0.15, 0.2) is 9.84 Å². The second-order valence-electron chi connectivity index (χ2n) is 4.69. The smallest absolute Gasteiger partial charge is 0.191 e. The minimum atomic E-state index is -3.46. The zero-order chi connectivity index (χ0) is 15.6. The summed E-state index contributed by atoms with van der Waals surface area (Å²) in [5.41, 5.74) is 1.65. The molecule has 0 saturated heterocycles. The van der Waals surface area contributed by atoms with Gasteiger partial charge < -0.3 is 0 Å². The summed E-state index contributed by atoms with van der Waals surface area (Å²) in [4.78, 5) is 0. The Morgan fingerprint density at radius 1 is 1.33 bits per heavy atom. The van der Waals surface area contributed by atoms with Gasteiger partial charge in [-0.3, -0.25) is 0 Å². The molecule has 110 valence electrons. The van der Waals surface area contributed by atoms with Crippen LogP contribution in [0.2, 0.25) is 5.02 Å². The van der Waals surface area contributed by atoms with Crippen LogP contribution in [0.15, 0.2) is 33.9 Å². The fourth-order valence-electron chi connectivity index (χ4n) is 1.90. The van der Waals surface area contributed by atoms with Gasteiger partial charge in [-0.15, -0.1) is 11.3 Å². The van der Waals surface area contributed by atoms with E-state index in [2.05, 4.69) is 0 Å². The first-order chi connectivity index (χ1) is 9.91. The molecule has 21 heavy (non-hydrogen) atoms. The third-order valence-electron chi connectivity index (χ3n) is 3.39. The van der Waals surface area contributed by atoms with E-state index in [1.165, 1.54) is 0 Å². The van der Waals surface area contributed by atoms with Crippen molar-refractivity contribution in [2.45, 2.75) is 29.7 Å². The standard InChI is InChI=1S/C15H14ClNO2S2/c1-3-10(2)21(18,19)15-13(8-17)14(9-20-15)11-4-6-12(16)7-5-11/h4-7,9-10H,3H2,1-2H3. The summed E-state index contributed by atoms with van der Waals surface area (Å²) >= 11 is 6.96. The average molecular weight is 340 g/mol. The van der Waals surface area contributed by atoms with E-state index in [-0.39, 0.29) is 9.77 Å². The van der Waals surface area contributed by atoms with E-state index in [0.29, 0.717) is 17.0 Å². The van der Waals surface area contributed by atoms with Gasteiger partial charge in [0.1, 0.15) is 10.3 Å². The molecule has 0 bridgehead atoms. The number of hydrogen-bond acceptors (Lipinski definition) is 4. The van der Waals surface area contributed by atoms with Gasteiger partial charge in [-0.2, -0.15) is 5.26 Å². The Balaban J connectivity index is 2.59. The molecule has 1 atom stereocenters. The fraction of sp³-hybridized carbons (Fsp3) is 0.267. The largest absolute Gasteiger partial charge is 0.223 e. The molecular formula is C15H14ClNO2S2. The summed E-state index contributed by atoms with van der Waals surface area (Å²) in [6, 6.07) is 9.05. The van der Waals surface area contributed by atoms with Crippen molar-refractivity contribution in [3.05, 3.63) is 40.2 Å². The predicted molar refractivity (Wildman–Crippen MR) is 86.4 cm³/mol. The van der Waals surface area contributed by atoms with Crippen molar-refractivity contribution < 1.29 is 8.42 Å². The molecule has 6 heteroatoms. The predicted octanol–water partition coefficient (Wildman–Crippen LogP) is 4.51. The van der Waals surface area contributed by atoms with Crippen molar-refractivity contribution in [2.24, 2.45) is 0 Å². The first-order valence-corrected chi connectivity index (χ1v) is 9.23. The van der Waals surface area contributed by atoms with Crippen LogP contribution >= 0.6 is 22.9 Å². The Hall–Kier alpha value is -1.35. The van der Waals surface area contributed by atoms with Gasteiger partial charge in [-0.1, -0.05) is 30.7 Å². The fourth-order valence-corrected chi connectivity index (χ4v) is 5.20. The average Bonchev–Trinajstić information content (AvgIpc) is 2.91. The van der Waals surface area contributed by atoms with E-state index in [9.17, 15) is 13.7 Å². The lowest BCUT2D eigenvalue weighted by molar-refractivity contribution is 0.583. The monoisotopic (exact) mass is 339 g/mol. The number of nitrogens with zero attached hydrogens (tertiary/aromatic N) is 1. The van der Waals surface area contributed by atoms with E-state index in [4.69, 9.17) is 11.6 Å².